The molecule has 1 rings (SSSR count). The van der Waals surface area contributed by atoms with E-state index < -0.39 is 0 Å². The second kappa shape index (κ2) is 11.6. The lowest BCUT2D eigenvalue weighted by atomic mass is 10.1. The van der Waals surface area contributed by atoms with E-state index in [4.69, 9.17) is 19.3 Å². The molecule has 1 aliphatic heterocycles. The van der Waals surface area contributed by atoms with E-state index in [0.717, 1.165) is 44.9 Å². The maximum atomic E-state index is 6.21. The third-order valence-corrected chi connectivity index (χ3v) is 4.38. The standard InChI is InChI=1S/C19H40N4O3S/c1-8-16(23-9-11-24-12-10-23)17(22-27-20)25-14-15(26-19(5,6)7)13-21-18(2,3)4/h15-16,21H,8-14,20H2,1-7H3/b22-17+/t15-,16?/m0/s1. The van der Waals surface area contributed by atoms with Crippen LogP contribution in [0.25, 0.3) is 0 Å². The second-order valence-electron chi connectivity index (χ2n) is 8.90. The Morgan fingerprint density at radius 1 is 1.22 bits per heavy atom. The van der Waals surface area contributed by atoms with E-state index in [0.29, 0.717) is 19.0 Å². The first-order valence-electron chi connectivity index (χ1n) is 9.87. The van der Waals surface area contributed by atoms with Crippen molar-refractivity contribution < 1.29 is 14.2 Å². The molecule has 27 heavy (non-hydrogen) atoms. The fraction of sp³-hybridized carbons (Fsp3) is 0.947. The molecule has 0 aromatic carbocycles. The first kappa shape index (κ1) is 24.7. The summed E-state index contributed by atoms with van der Waals surface area (Å²) in [5, 5.41) is 9.14. The van der Waals surface area contributed by atoms with Crippen LogP contribution in [0.3, 0.4) is 0 Å². The van der Waals surface area contributed by atoms with Crippen molar-refractivity contribution in [3.8, 4) is 0 Å². The largest absolute Gasteiger partial charge is 0.476 e. The molecule has 0 aromatic heterocycles. The molecule has 1 heterocycles. The highest BCUT2D eigenvalue weighted by Crippen LogP contribution is 2.16. The lowest BCUT2D eigenvalue weighted by Gasteiger charge is -2.35. The summed E-state index contributed by atoms with van der Waals surface area (Å²) < 4.78 is 22.2. The molecule has 2 atom stereocenters. The molecule has 0 aromatic rings. The molecule has 0 bridgehead atoms. The predicted molar refractivity (Wildman–Crippen MR) is 114 cm³/mol. The van der Waals surface area contributed by atoms with Gasteiger partial charge in [-0.25, -0.2) is 0 Å². The number of ether oxygens (including phenoxy) is 3. The normalized spacial score (nSPS) is 19.8. The van der Waals surface area contributed by atoms with Crippen molar-refractivity contribution >= 4 is 18.0 Å². The van der Waals surface area contributed by atoms with Crippen LogP contribution in [-0.4, -0.2) is 73.5 Å². The summed E-state index contributed by atoms with van der Waals surface area (Å²) in [6.45, 7) is 19.1. The second-order valence-corrected chi connectivity index (χ2v) is 9.29. The van der Waals surface area contributed by atoms with Crippen molar-refractivity contribution in [3.63, 3.8) is 0 Å². The van der Waals surface area contributed by atoms with Gasteiger partial charge >= 0.3 is 0 Å². The molecule has 0 aliphatic carbocycles. The number of rotatable bonds is 9. The fourth-order valence-electron chi connectivity index (χ4n) is 2.95. The monoisotopic (exact) mass is 404 g/mol. The number of hydrogen-bond donors (Lipinski definition) is 2. The van der Waals surface area contributed by atoms with Gasteiger partial charge in [-0.1, -0.05) is 6.92 Å². The highest BCUT2D eigenvalue weighted by molar-refractivity contribution is 7.95. The predicted octanol–water partition coefficient (Wildman–Crippen LogP) is 2.61. The molecule has 1 fully saturated rings. The lowest BCUT2D eigenvalue weighted by molar-refractivity contribution is -0.0790. The average molecular weight is 405 g/mol. The van der Waals surface area contributed by atoms with Crippen LogP contribution < -0.4 is 10.5 Å². The molecular formula is C19H40N4O3S. The quantitative estimate of drug-likeness (QED) is 0.347. The van der Waals surface area contributed by atoms with Gasteiger partial charge in [0.15, 0.2) is 0 Å². The summed E-state index contributed by atoms with van der Waals surface area (Å²) in [7, 11) is 0. The van der Waals surface area contributed by atoms with E-state index in [1.54, 1.807) is 0 Å². The molecule has 1 saturated heterocycles. The van der Waals surface area contributed by atoms with Crippen LogP contribution in [0.15, 0.2) is 4.40 Å². The van der Waals surface area contributed by atoms with Gasteiger partial charge in [0.25, 0.3) is 0 Å². The maximum absolute atomic E-state index is 6.21. The molecule has 3 N–H and O–H groups in total. The smallest absolute Gasteiger partial charge is 0.214 e. The summed E-state index contributed by atoms with van der Waals surface area (Å²) in [4.78, 5) is 2.35. The number of nitrogens with one attached hydrogen (secondary N) is 1. The van der Waals surface area contributed by atoms with E-state index in [-0.39, 0.29) is 23.3 Å². The number of hydrogen-bond acceptors (Lipinski definition) is 8. The van der Waals surface area contributed by atoms with Crippen LogP contribution >= 0.6 is 12.1 Å². The highest BCUT2D eigenvalue weighted by atomic mass is 32.2. The third kappa shape index (κ3) is 10.7. The molecule has 0 radical (unpaired) electrons. The van der Waals surface area contributed by atoms with Gasteiger partial charge in [-0.05, 0) is 48.0 Å². The molecule has 0 spiro atoms. The molecular weight excluding hydrogens is 364 g/mol. The van der Waals surface area contributed by atoms with E-state index >= 15 is 0 Å². The molecule has 160 valence electrons. The van der Waals surface area contributed by atoms with Gasteiger partial charge in [0.05, 0.1) is 37.0 Å². The first-order chi connectivity index (χ1) is 12.6. The minimum absolute atomic E-state index is 0.0171. The van der Waals surface area contributed by atoms with E-state index in [9.17, 15) is 0 Å². The van der Waals surface area contributed by atoms with Gasteiger partial charge < -0.3 is 19.5 Å². The van der Waals surface area contributed by atoms with Crippen LogP contribution in [0.2, 0.25) is 0 Å². The molecule has 1 unspecified atom stereocenters. The highest BCUT2D eigenvalue weighted by Gasteiger charge is 2.28. The molecule has 1 aliphatic rings. The Bertz CT molecular complexity index is 443. The Balaban J connectivity index is 2.77. The van der Waals surface area contributed by atoms with Crippen molar-refractivity contribution in [1.29, 1.82) is 0 Å². The SMILES string of the molecule is CCC(/C(=N\SN)OC[C@H](CNC(C)(C)C)OC(C)(C)C)N1CCOCC1. The van der Waals surface area contributed by atoms with Crippen LogP contribution in [0, 0.1) is 0 Å². The maximum Gasteiger partial charge on any atom is 0.214 e. The summed E-state index contributed by atoms with van der Waals surface area (Å²) in [6, 6.07) is 0.107. The van der Waals surface area contributed by atoms with Gasteiger partial charge in [0.2, 0.25) is 5.90 Å². The van der Waals surface area contributed by atoms with Crippen LogP contribution in [0.5, 0.6) is 0 Å². The first-order valence-corrected chi connectivity index (χ1v) is 10.7. The van der Waals surface area contributed by atoms with Crippen LogP contribution in [0.4, 0.5) is 0 Å². The Labute approximate surface area is 170 Å². The van der Waals surface area contributed by atoms with Crippen molar-refractivity contribution in [3.05, 3.63) is 0 Å². The topological polar surface area (TPSA) is 81.3 Å². The zero-order valence-corrected chi connectivity index (χ0v) is 19.0. The molecule has 7 nitrogen and oxygen atoms in total. The van der Waals surface area contributed by atoms with Crippen molar-refractivity contribution in [2.45, 2.75) is 78.2 Å². The van der Waals surface area contributed by atoms with Crippen molar-refractivity contribution in [2.24, 2.45) is 9.54 Å². The minimum atomic E-state index is -0.248. The zero-order chi connectivity index (χ0) is 20.5. The fourth-order valence-corrected chi connectivity index (χ4v) is 3.22. The Morgan fingerprint density at radius 2 is 1.85 bits per heavy atom. The van der Waals surface area contributed by atoms with E-state index in [1.807, 2.05) is 0 Å². The summed E-state index contributed by atoms with van der Waals surface area (Å²) >= 11 is 0.948. The molecule has 8 heteroatoms. The van der Waals surface area contributed by atoms with E-state index in [1.165, 1.54) is 0 Å². The summed E-state index contributed by atoms with van der Waals surface area (Å²) in [6.07, 6.45) is 0.823. The number of nitrogens with two attached hydrogens (primary N) is 1. The van der Waals surface area contributed by atoms with Gasteiger partial charge in [-0.15, -0.1) is 0 Å². The van der Waals surface area contributed by atoms with Gasteiger partial charge in [0, 0.05) is 25.2 Å². The summed E-state index contributed by atoms with van der Waals surface area (Å²) in [5.74, 6) is 0.671. The van der Waals surface area contributed by atoms with E-state index in [2.05, 4.69) is 63.1 Å². The third-order valence-electron chi connectivity index (χ3n) is 4.10. The van der Waals surface area contributed by atoms with Crippen LogP contribution in [0.1, 0.15) is 54.9 Å². The Morgan fingerprint density at radius 3 is 2.33 bits per heavy atom. The average Bonchev–Trinajstić information content (AvgIpc) is 2.57. The van der Waals surface area contributed by atoms with Gasteiger partial charge in [-0.2, -0.15) is 4.40 Å². The number of morpholine rings is 1. The molecule has 0 saturated carbocycles. The van der Waals surface area contributed by atoms with Crippen molar-refractivity contribution in [1.82, 2.24) is 10.2 Å². The minimum Gasteiger partial charge on any atom is -0.476 e. The molecule has 0 amide bonds. The van der Waals surface area contributed by atoms with Crippen LogP contribution in [-0.2, 0) is 14.2 Å². The Kier molecular flexibility index (Phi) is 10.6. The lowest BCUT2D eigenvalue weighted by Crippen LogP contribution is -2.49. The Hall–Kier alpha value is -0.380. The van der Waals surface area contributed by atoms with Gasteiger partial charge in [0.1, 0.15) is 12.7 Å². The van der Waals surface area contributed by atoms with Gasteiger partial charge in [-0.3, -0.25) is 10.0 Å². The van der Waals surface area contributed by atoms with Crippen molar-refractivity contribution in [2.75, 3.05) is 39.5 Å². The number of nitrogens with zero attached hydrogens (tertiary/aromatic N) is 2. The summed E-state index contributed by atoms with van der Waals surface area (Å²) in [5.41, 5.74) is -0.231. The zero-order valence-electron chi connectivity index (χ0n) is 18.2.